The van der Waals surface area contributed by atoms with Gasteiger partial charge >= 0.3 is 0 Å². The van der Waals surface area contributed by atoms with Crippen LogP contribution in [0.4, 0.5) is 23.0 Å². The van der Waals surface area contributed by atoms with Gasteiger partial charge in [0.05, 0.1) is 11.7 Å². The van der Waals surface area contributed by atoms with Gasteiger partial charge in [0.1, 0.15) is 11.3 Å². The fraction of sp³-hybridized carbons (Fsp3) is 0.351. The van der Waals surface area contributed by atoms with E-state index in [1.54, 1.807) is 23.1 Å². The van der Waals surface area contributed by atoms with Gasteiger partial charge in [0.25, 0.3) is 11.8 Å². The summed E-state index contributed by atoms with van der Waals surface area (Å²) in [5.74, 6) is -0.0541. The Kier molecular flexibility index (Phi) is 11.7. The van der Waals surface area contributed by atoms with Crippen molar-refractivity contribution in [1.82, 2.24) is 24.7 Å². The molecule has 1 aliphatic heterocycles. The lowest BCUT2D eigenvalue weighted by Crippen LogP contribution is -2.49. The molecule has 2 heterocycles. The third kappa shape index (κ3) is 8.86. The van der Waals surface area contributed by atoms with Crippen molar-refractivity contribution < 1.29 is 14.3 Å². The minimum atomic E-state index is -0.432. The molecular formula is C37H45ClN8O3. The molecule has 0 radical (unpaired) electrons. The molecule has 11 nitrogen and oxygen atoms in total. The van der Waals surface area contributed by atoms with Crippen molar-refractivity contribution in [3.05, 3.63) is 94.1 Å². The van der Waals surface area contributed by atoms with Gasteiger partial charge in [0, 0.05) is 68.1 Å². The molecule has 258 valence electrons. The second kappa shape index (κ2) is 16.1. The first-order chi connectivity index (χ1) is 23.6. The van der Waals surface area contributed by atoms with Gasteiger partial charge in [-0.1, -0.05) is 29.8 Å². The summed E-state index contributed by atoms with van der Waals surface area (Å²) in [5.41, 5.74) is 5.05. The molecule has 0 bridgehead atoms. The summed E-state index contributed by atoms with van der Waals surface area (Å²) in [6.07, 6.45) is 1.43. The molecule has 4 aromatic rings. The van der Waals surface area contributed by atoms with Crippen molar-refractivity contribution in [2.24, 2.45) is 0 Å². The molecule has 1 fully saturated rings. The predicted molar refractivity (Wildman–Crippen MR) is 197 cm³/mol. The van der Waals surface area contributed by atoms with E-state index in [0.717, 1.165) is 55.3 Å². The third-order valence-corrected chi connectivity index (χ3v) is 8.79. The molecule has 12 heteroatoms. The number of nitrogens with one attached hydrogen (secondary N) is 2. The van der Waals surface area contributed by atoms with Crippen molar-refractivity contribution in [3.63, 3.8) is 0 Å². The number of ether oxygens (including phenoxy) is 1. The number of hydrogen-bond donors (Lipinski definition) is 2. The molecule has 49 heavy (non-hydrogen) atoms. The normalized spacial score (nSPS) is 13.3. The number of amides is 2. The van der Waals surface area contributed by atoms with E-state index in [4.69, 9.17) is 16.3 Å². The fourth-order valence-corrected chi connectivity index (χ4v) is 6.02. The number of rotatable bonds is 12. The highest BCUT2D eigenvalue weighted by molar-refractivity contribution is 6.32. The Morgan fingerprint density at radius 3 is 2.22 bits per heavy atom. The second-order valence-electron chi connectivity index (χ2n) is 12.4. The van der Waals surface area contributed by atoms with Gasteiger partial charge in [-0.15, -0.1) is 0 Å². The summed E-state index contributed by atoms with van der Waals surface area (Å²) in [5, 5.41) is 6.44. The van der Waals surface area contributed by atoms with E-state index in [1.165, 1.54) is 6.20 Å². The summed E-state index contributed by atoms with van der Waals surface area (Å²) in [6.45, 7) is 13.8. The van der Waals surface area contributed by atoms with Gasteiger partial charge in [0.2, 0.25) is 11.8 Å². The first-order valence-electron chi connectivity index (χ1n) is 16.6. The van der Waals surface area contributed by atoms with Gasteiger partial charge in [0.15, 0.2) is 0 Å². The molecule has 5 rings (SSSR count). The standard InChI is InChI=1S/C37H45ClN8O3/c1-7-45(8-2)36(48)27-12-17-32(31(38)22-27)49-35-30(34(47)41-33-25(3)10-9-11-26(33)4)23-39-37(42-35)40-28-13-15-29(16-14-28)46-20-18-44(19-21-46)24-43(5)6/h9-17,22-23H,7-8,18-21,24H2,1-6H3,(H,41,47)(H,39,40,42). The average Bonchev–Trinajstić information content (AvgIpc) is 3.08. The molecule has 2 N–H and O–H groups in total. The lowest BCUT2D eigenvalue weighted by atomic mass is 10.1. The maximum absolute atomic E-state index is 13.6. The first kappa shape index (κ1) is 35.6. The predicted octanol–water partition coefficient (Wildman–Crippen LogP) is 6.66. The molecule has 0 aliphatic carbocycles. The van der Waals surface area contributed by atoms with Crippen molar-refractivity contribution >= 4 is 46.4 Å². The Hall–Kier alpha value is -4.71. The number of nitrogens with zero attached hydrogens (tertiary/aromatic N) is 6. The minimum Gasteiger partial charge on any atom is -0.436 e. The van der Waals surface area contributed by atoms with Gasteiger partial charge in [-0.2, -0.15) is 4.98 Å². The number of aryl methyl sites for hydroxylation is 2. The number of carbonyl (C=O) groups excluding carboxylic acids is 2. The van der Waals surface area contributed by atoms with Gasteiger partial charge in [-0.25, -0.2) is 4.98 Å². The fourth-order valence-electron chi connectivity index (χ4n) is 5.80. The van der Waals surface area contributed by atoms with E-state index >= 15 is 0 Å². The zero-order valence-electron chi connectivity index (χ0n) is 29.1. The summed E-state index contributed by atoms with van der Waals surface area (Å²) in [4.78, 5) is 44.4. The maximum Gasteiger partial charge on any atom is 0.262 e. The quantitative estimate of drug-likeness (QED) is 0.170. The van der Waals surface area contributed by atoms with Gasteiger partial charge in [-0.3, -0.25) is 19.4 Å². The van der Waals surface area contributed by atoms with Crippen LogP contribution in [0.15, 0.2) is 66.9 Å². The number of anilines is 4. The highest BCUT2D eigenvalue weighted by Gasteiger charge is 2.22. The van der Waals surface area contributed by atoms with E-state index in [0.29, 0.717) is 24.3 Å². The number of halogens is 1. The first-order valence-corrected chi connectivity index (χ1v) is 16.9. The smallest absolute Gasteiger partial charge is 0.262 e. The number of hydrogen-bond acceptors (Lipinski definition) is 9. The molecule has 1 aromatic heterocycles. The van der Waals surface area contributed by atoms with Gasteiger partial charge < -0.3 is 25.2 Å². The molecule has 0 saturated carbocycles. The second-order valence-corrected chi connectivity index (χ2v) is 12.8. The van der Waals surface area contributed by atoms with Crippen molar-refractivity contribution in [1.29, 1.82) is 0 Å². The number of carbonyl (C=O) groups is 2. The largest absolute Gasteiger partial charge is 0.436 e. The zero-order chi connectivity index (χ0) is 35.1. The molecule has 0 spiro atoms. The van der Waals surface area contributed by atoms with Crippen LogP contribution in [0.3, 0.4) is 0 Å². The van der Waals surface area contributed by atoms with E-state index in [-0.39, 0.29) is 34.1 Å². The number of benzene rings is 3. The SMILES string of the molecule is CCN(CC)C(=O)c1ccc(Oc2nc(Nc3ccc(N4CCN(CN(C)C)CC4)cc3)ncc2C(=O)Nc2c(C)cccc2C)c(Cl)c1. The lowest BCUT2D eigenvalue weighted by molar-refractivity contribution is 0.0772. The molecule has 1 saturated heterocycles. The van der Waals surface area contributed by atoms with Crippen molar-refractivity contribution in [3.8, 4) is 11.6 Å². The van der Waals surface area contributed by atoms with Crippen molar-refractivity contribution in [2.45, 2.75) is 27.7 Å². The zero-order valence-corrected chi connectivity index (χ0v) is 29.8. The third-order valence-electron chi connectivity index (χ3n) is 8.50. The highest BCUT2D eigenvalue weighted by atomic mass is 35.5. The van der Waals surface area contributed by atoms with Crippen LogP contribution in [-0.2, 0) is 0 Å². The molecule has 1 aliphatic rings. The lowest BCUT2D eigenvalue weighted by Gasteiger charge is -2.37. The Morgan fingerprint density at radius 1 is 0.939 bits per heavy atom. The summed E-state index contributed by atoms with van der Waals surface area (Å²) in [7, 11) is 4.19. The molecule has 0 atom stereocenters. The van der Waals surface area contributed by atoms with Gasteiger partial charge in [-0.05, 0) is 95.4 Å². The van der Waals surface area contributed by atoms with Crippen molar-refractivity contribution in [2.75, 3.05) is 75.6 Å². The summed E-state index contributed by atoms with van der Waals surface area (Å²) >= 11 is 6.63. The minimum absolute atomic E-state index is 0.0122. The topological polar surface area (TPSA) is 106 Å². The van der Waals surface area contributed by atoms with Crippen LogP contribution < -0.4 is 20.3 Å². The van der Waals surface area contributed by atoms with Crippen LogP contribution in [0.2, 0.25) is 5.02 Å². The van der Waals surface area contributed by atoms with E-state index in [9.17, 15) is 9.59 Å². The van der Waals surface area contributed by atoms with Crippen LogP contribution >= 0.6 is 11.6 Å². The van der Waals surface area contributed by atoms with E-state index in [1.807, 2.05) is 58.0 Å². The Morgan fingerprint density at radius 2 is 1.61 bits per heavy atom. The van der Waals surface area contributed by atoms with Crippen LogP contribution in [0.5, 0.6) is 11.6 Å². The molecule has 2 amide bonds. The maximum atomic E-state index is 13.6. The van der Waals surface area contributed by atoms with Crippen LogP contribution in [0, 0.1) is 13.8 Å². The number of aromatic nitrogens is 2. The van der Waals surface area contributed by atoms with E-state index < -0.39 is 5.91 Å². The molecular weight excluding hydrogens is 640 g/mol. The number of piperazine rings is 1. The Labute approximate surface area is 293 Å². The summed E-state index contributed by atoms with van der Waals surface area (Å²) in [6, 6.07) is 18.8. The van der Waals surface area contributed by atoms with E-state index in [2.05, 4.69) is 61.5 Å². The average molecular weight is 685 g/mol. The monoisotopic (exact) mass is 684 g/mol. The van der Waals surface area contributed by atoms with Crippen LogP contribution in [-0.4, -0.2) is 96.5 Å². The highest BCUT2D eigenvalue weighted by Crippen LogP contribution is 2.33. The Balaban J connectivity index is 1.38. The summed E-state index contributed by atoms with van der Waals surface area (Å²) < 4.78 is 6.19. The Bertz CT molecular complexity index is 1750. The van der Waals surface area contributed by atoms with Crippen LogP contribution in [0.1, 0.15) is 45.7 Å². The molecule has 0 unspecified atom stereocenters. The number of para-hydroxylation sites is 1. The van der Waals surface area contributed by atoms with Crippen LogP contribution in [0.25, 0.3) is 0 Å². The molecule has 3 aromatic carbocycles.